The summed E-state index contributed by atoms with van der Waals surface area (Å²) in [6.07, 6.45) is 1.52. The molecular weight excluding hydrogens is 200 g/mol. The molecule has 1 atom stereocenters. The second kappa shape index (κ2) is 4.07. The van der Waals surface area contributed by atoms with Crippen molar-refractivity contribution < 1.29 is 4.74 Å². The van der Waals surface area contributed by atoms with Gasteiger partial charge in [0.25, 0.3) is 0 Å². The number of likely N-dealkylation sites (tertiary alicyclic amines) is 1. The van der Waals surface area contributed by atoms with Crippen LogP contribution in [0.1, 0.15) is 17.5 Å². The van der Waals surface area contributed by atoms with Crippen LogP contribution >= 0.6 is 0 Å². The Hall–Kier alpha value is -1.06. The first-order chi connectivity index (χ1) is 7.81. The second-order valence-corrected chi connectivity index (χ2v) is 4.82. The van der Waals surface area contributed by atoms with Crippen molar-refractivity contribution in [2.75, 3.05) is 20.1 Å². The molecule has 0 aromatic heterocycles. The smallest absolute Gasteiger partial charge is 0.120 e. The van der Waals surface area contributed by atoms with Crippen molar-refractivity contribution >= 4 is 0 Å². The van der Waals surface area contributed by atoms with Gasteiger partial charge in [-0.25, -0.2) is 0 Å². The fraction of sp³-hybridized carbons (Fsp3) is 0.538. The number of nitrogens with one attached hydrogen (secondary N) is 1. The van der Waals surface area contributed by atoms with E-state index in [1.807, 2.05) is 0 Å². The van der Waals surface area contributed by atoms with E-state index in [0.29, 0.717) is 6.10 Å². The maximum Gasteiger partial charge on any atom is 0.120 e. The summed E-state index contributed by atoms with van der Waals surface area (Å²) in [6.45, 7) is 4.19. The third-order valence-electron chi connectivity index (χ3n) is 3.46. The predicted molar refractivity (Wildman–Crippen MR) is 63.5 cm³/mol. The minimum Gasteiger partial charge on any atom is -0.489 e. The summed E-state index contributed by atoms with van der Waals surface area (Å²) < 4.78 is 6.00. The van der Waals surface area contributed by atoms with E-state index < -0.39 is 0 Å². The molecule has 2 heterocycles. The SMILES string of the molecule is CN1CC[C@@H](Oc2ccc3c(c2)CNC3)C1. The highest BCUT2D eigenvalue weighted by Gasteiger charge is 2.21. The quantitative estimate of drug-likeness (QED) is 0.811. The van der Waals surface area contributed by atoms with Crippen LogP contribution in [0.4, 0.5) is 0 Å². The zero-order chi connectivity index (χ0) is 11.0. The normalized spacial score (nSPS) is 24.7. The first-order valence-corrected chi connectivity index (χ1v) is 5.99. The lowest BCUT2D eigenvalue weighted by Crippen LogP contribution is -2.21. The third-order valence-corrected chi connectivity index (χ3v) is 3.46. The summed E-state index contributed by atoms with van der Waals surface area (Å²) in [5.41, 5.74) is 2.81. The lowest BCUT2D eigenvalue weighted by atomic mass is 10.1. The van der Waals surface area contributed by atoms with Crippen LogP contribution in [0.25, 0.3) is 0 Å². The van der Waals surface area contributed by atoms with Crippen LogP contribution in [0.5, 0.6) is 5.75 Å². The van der Waals surface area contributed by atoms with E-state index in [0.717, 1.165) is 38.3 Å². The molecular formula is C13H18N2O. The molecule has 86 valence electrons. The number of nitrogens with zero attached hydrogens (tertiary/aromatic N) is 1. The second-order valence-electron chi connectivity index (χ2n) is 4.82. The number of ether oxygens (including phenoxy) is 1. The topological polar surface area (TPSA) is 24.5 Å². The van der Waals surface area contributed by atoms with E-state index in [-0.39, 0.29) is 0 Å². The van der Waals surface area contributed by atoms with Crippen LogP contribution in [-0.4, -0.2) is 31.1 Å². The number of likely N-dealkylation sites (N-methyl/N-ethyl adjacent to an activating group) is 1. The van der Waals surface area contributed by atoms with Gasteiger partial charge in [0.2, 0.25) is 0 Å². The summed E-state index contributed by atoms with van der Waals surface area (Å²) in [7, 11) is 2.15. The summed E-state index contributed by atoms with van der Waals surface area (Å²) in [4.78, 5) is 2.32. The number of benzene rings is 1. The van der Waals surface area contributed by atoms with Crippen molar-refractivity contribution in [1.82, 2.24) is 10.2 Å². The van der Waals surface area contributed by atoms with Crippen molar-refractivity contribution in [2.24, 2.45) is 0 Å². The van der Waals surface area contributed by atoms with Gasteiger partial charge in [-0.05, 0) is 36.7 Å². The number of rotatable bonds is 2. The molecule has 3 rings (SSSR count). The van der Waals surface area contributed by atoms with Gasteiger partial charge in [-0.3, -0.25) is 0 Å². The summed E-state index contributed by atoms with van der Waals surface area (Å²) in [6, 6.07) is 6.47. The van der Waals surface area contributed by atoms with Gasteiger partial charge in [0.15, 0.2) is 0 Å². The van der Waals surface area contributed by atoms with E-state index in [1.54, 1.807) is 0 Å². The summed E-state index contributed by atoms with van der Waals surface area (Å²) in [5.74, 6) is 1.03. The highest BCUT2D eigenvalue weighted by Crippen LogP contribution is 2.23. The van der Waals surface area contributed by atoms with Crippen LogP contribution in [0.15, 0.2) is 18.2 Å². The van der Waals surface area contributed by atoms with Gasteiger partial charge in [-0.2, -0.15) is 0 Å². The predicted octanol–water partition coefficient (Wildman–Crippen LogP) is 1.37. The minimum absolute atomic E-state index is 0.373. The molecule has 0 spiro atoms. The summed E-state index contributed by atoms with van der Waals surface area (Å²) >= 11 is 0. The van der Waals surface area contributed by atoms with Gasteiger partial charge in [-0.1, -0.05) is 6.07 Å². The molecule has 3 heteroatoms. The van der Waals surface area contributed by atoms with Gasteiger partial charge in [0.05, 0.1) is 0 Å². The highest BCUT2D eigenvalue weighted by molar-refractivity contribution is 5.37. The average molecular weight is 218 g/mol. The molecule has 1 aromatic carbocycles. The first kappa shape index (κ1) is 10.1. The molecule has 1 saturated heterocycles. The van der Waals surface area contributed by atoms with Crippen LogP contribution in [-0.2, 0) is 13.1 Å². The lowest BCUT2D eigenvalue weighted by Gasteiger charge is -2.14. The van der Waals surface area contributed by atoms with E-state index in [1.165, 1.54) is 11.1 Å². The molecule has 2 aliphatic rings. The fourth-order valence-corrected chi connectivity index (χ4v) is 2.53. The minimum atomic E-state index is 0.373. The monoisotopic (exact) mass is 218 g/mol. The van der Waals surface area contributed by atoms with Crippen LogP contribution in [0.3, 0.4) is 0 Å². The van der Waals surface area contributed by atoms with Crippen molar-refractivity contribution in [3.05, 3.63) is 29.3 Å². The van der Waals surface area contributed by atoms with Crippen molar-refractivity contribution in [2.45, 2.75) is 25.6 Å². The Morgan fingerprint density at radius 1 is 1.31 bits per heavy atom. The molecule has 0 aliphatic carbocycles. The molecule has 1 N–H and O–H groups in total. The van der Waals surface area contributed by atoms with E-state index in [4.69, 9.17) is 4.74 Å². The van der Waals surface area contributed by atoms with Crippen LogP contribution in [0.2, 0.25) is 0 Å². The molecule has 3 nitrogen and oxygen atoms in total. The van der Waals surface area contributed by atoms with Crippen molar-refractivity contribution in [3.63, 3.8) is 0 Å². The molecule has 16 heavy (non-hydrogen) atoms. The maximum absolute atomic E-state index is 6.00. The van der Waals surface area contributed by atoms with E-state index >= 15 is 0 Å². The van der Waals surface area contributed by atoms with Crippen LogP contribution < -0.4 is 10.1 Å². The Balaban J connectivity index is 1.71. The molecule has 0 amide bonds. The Labute approximate surface area is 96.4 Å². The Morgan fingerprint density at radius 2 is 2.19 bits per heavy atom. The number of fused-ring (bicyclic) bond motifs is 1. The molecule has 0 unspecified atom stereocenters. The van der Waals surface area contributed by atoms with Gasteiger partial charge in [-0.15, -0.1) is 0 Å². The standard InChI is InChI=1S/C13H18N2O/c1-15-5-4-13(9-15)16-12-3-2-10-7-14-8-11(10)6-12/h2-3,6,13-14H,4-5,7-9H2,1H3/t13-/m1/s1. The van der Waals surface area contributed by atoms with Crippen molar-refractivity contribution in [3.8, 4) is 5.75 Å². The van der Waals surface area contributed by atoms with Gasteiger partial charge >= 0.3 is 0 Å². The van der Waals surface area contributed by atoms with E-state index in [2.05, 4.69) is 35.5 Å². The Morgan fingerprint density at radius 3 is 3.00 bits per heavy atom. The molecule has 0 bridgehead atoms. The first-order valence-electron chi connectivity index (χ1n) is 5.99. The number of hydrogen-bond acceptors (Lipinski definition) is 3. The molecule has 1 fully saturated rings. The zero-order valence-corrected chi connectivity index (χ0v) is 9.70. The lowest BCUT2D eigenvalue weighted by molar-refractivity contribution is 0.208. The Kier molecular flexibility index (Phi) is 2.58. The fourth-order valence-electron chi connectivity index (χ4n) is 2.53. The summed E-state index contributed by atoms with van der Waals surface area (Å²) in [5, 5.41) is 3.35. The Bertz CT molecular complexity index is 392. The molecule has 2 aliphatic heterocycles. The molecule has 0 radical (unpaired) electrons. The zero-order valence-electron chi connectivity index (χ0n) is 9.70. The highest BCUT2D eigenvalue weighted by atomic mass is 16.5. The van der Waals surface area contributed by atoms with Gasteiger partial charge < -0.3 is 15.0 Å². The molecule has 1 aromatic rings. The molecule has 0 saturated carbocycles. The number of hydrogen-bond donors (Lipinski definition) is 1. The largest absolute Gasteiger partial charge is 0.489 e. The maximum atomic E-state index is 6.00. The van der Waals surface area contributed by atoms with Crippen LogP contribution in [0, 0.1) is 0 Å². The van der Waals surface area contributed by atoms with Gasteiger partial charge in [0.1, 0.15) is 11.9 Å². The average Bonchev–Trinajstić information content (AvgIpc) is 2.87. The third kappa shape index (κ3) is 1.93. The van der Waals surface area contributed by atoms with Gasteiger partial charge in [0, 0.05) is 26.2 Å². The van der Waals surface area contributed by atoms with Crippen molar-refractivity contribution in [1.29, 1.82) is 0 Å². The van der Waals surface area contributed by atoms with E-state index in [9.17, 15) is 0 Å².